The van der Waals surface area contributed by atoms with E-state index in [0.29, 0.717) is 13.0 Å². The number of carbonyl (C=O) groups excluding carboxylic acids is 2. The highest BCUT2D eigenvalue weighted by molar-refractivity contribution is 6.09. The number of pyridine rings is 1. The van der Waals surface area contributed by atoms with Crippen LogP contribution in [0.3, 0.4) is 0 Å². The molecule has 1 aliphatic rings. The van der Waals surface area contributed by atoms with E-state index in [1.807, 2.05) is 6.07 Å². The summed E-state index contributed by atoms with van der Waals surface area (Å²) in [7, 11) is 1.54. The van der Waals surface area contributed by atoms with E-state index in [-0.39, 0.29) is 11.8 Å². The normalized spacial score (nSPS) is 19.9. The summed E-state index contributed by atoms with van der Waals surface area (Å²) in [5.74, 6) is -0.908. The van der Waals surface area contributed by atoms with E-state index >= 15 is 0 Å². The molecule has 1 fully saturated rings. The summed E-state index contributed by atoms with van der Waals surface area (Å²) in [6.07, 6.45) is 3.85. The Balaban J connectivity index is 2.17. The van der Waals surface area contributed by atoms with Crippen LogP contribution in [0.1, 0.15) is 6.42 Å². The fraction of sp³-hybridized carbons (Fsp3) is 0.364. The number of rotatable bonds is 2. The Morgan fingerprint density at radius 3 is 3.06 bits per heavy atom. The number of nitrogens with zero attached hydrogens (tertiary/aromatic N) is 2. The van der Waals surface area contributed by atoms with E-state index in [9.17, 15) is 9.59 Å². The van der Waals surface area contributed by atoms with Crippen molar-refractivity contribution in [3.8, 4) is 0 Å². The molecule has 2 heterocycles. The summed E-state index contributed by atoms with van der Waals surface area (Å²) < 4.78 is 0. The Morgan fingerprint density at radius 2 is 2.44 bits per heavy atom. The molecule has 2 amide bonds. The highest BCUT2D eigenvalue weighted by atomic mass is 16.2. The first kappa shape index (κ1) is 10.6. The van der Waals surface area contributed by atoms with E-state index < -0.39 is 5.92 Å². The molecular formula is C11H13N3O2. The van der Waals surface area contributed by atoms with Gasteiger partial charge in [0.05, 0.1) is 11.9 Å². The molecule has 1 atom stereocenters. The maximum atomic E-state index is 11.9. The minimum Gasteiger partial charge on any atom is -0.358 e. The number of aromatic nitrogens is 1. The van der Waals surface area contributed by atoms with Gasteiger partial charge in [-0.25, -0.2) is 0 Å². The van der Waals surface area contributed by atoms with E-state index in [1.165, 1.54) is 0 Å². The van der Waals surface area contributed by atoms with Crippen LogP contribution in [-0.4, -0.2) is 30.4 Å². The predicted octanol–water partition coefficient (Wildman–Crippen LogP) is 0.180. The molecule has 2 rings (SSSR count). The van der Waals surface area contributed by atoms with Gasteiger partial charge in [0.25, 0.3) is 0 Å². The van der Waals surface area contributed by atoms with Crippen molar-refractivity contribution in [3.05, 3.63) is 24.5 Å². The van der Waals surface area contributed by atoms with E-state index in [1.54, 1.807) is 30.4 Å². The van der Waals surface area contributed by atoms with Gasteiger partial charge in [0.15, 0.2) is 0 Å². The second-order valence-corrected chi connectivity index (χ2v) is 3.66. The van der Waals surface area contributed by atoms with Crippen LogP contribution in [0.2, 0.25) is 0 Å². The Bertz CT molecular complexity index is 405. The minimum atomic E-state index is -0.551. The number of anilines is 1. The maximum absolute atomic E-state index is 11.9. The Labute approximate surface area is 93.5 Å². The van der Waals surface area contributed by atoms with Gasteiger partial charge in [-0.3, -0.25) is 14.6 Å². The highest BCUT2D eigenvalue weighted by Gasteiger charge is 2.36. The molecule has 5 heteroatoms. The van der Waals surface area contributed by atoms with E-state index in [4.69, 9.17) is 0 Å². The second-order valence-electron chi connectivity index (χ2n) is 3.66. The van der Waals surface area contributed by atoms with Gasteiger partial charge in [0, 0.05) is 19.8 Å². The van der Waals surface area contributed by atoms with Crippen LogP contribution in [-0.2, 0) is 9.59 Å². The third-order valence-corrected chi connectivity index (χ3v) is 2.73. The van der Waals surface area contributed by atoms with Crippen molar-refractivity contribution in [2.45, 2.75) is 6.42 Å². The number of hydrogen-bond acceptors (Lipinski definition) is 3. The molecule has 16 heavy (non-hydrogen) atoms. The van der Waals surface area contributed by atoms with Gasteiger partial charge < -0.3 is 10.2 Å². The molecule has 0 bridgehead atoms. The lowest BCUT2D eigenvalue weighted by atomic mass is 10.1. The predicted molar refractivity (Wildman–Crippen MR) is 58.8 cm³/mol. The topological polar surface area (TPSA) is 62.3 Å². The van der Waals surface area contributed by atoms with Gasteiger partial charge in [-0.1, -0.05) is 0 Å². The molecule has 0 saturated carbocycles. The lowest BCUT2D eigenvalue weighted by molar-refractivity contribution is -0.131. The molecule has 1 unspecified atom stereocenters. The lowest BCUT2D eigenvalue weighted by Crippen LogP contribution is -2.35. The molecule has 0 aliphatic carbocycles. The van der Waals surface area contributed by atoms with Gasteiger partial charge in [-0.2, -0.15) is 0 Å². The Hall–Kier alpha value is -1.91. The van der Waals surface area contributed by atoms with Crippen LogP contribution >= 0.6 is 0 Å². The monoisotopic (exact) mass is 219 g/mol. The molecule has 1 aliphatic heterocycles. The summed E-state index contributed by atoms with van der Waals surface area (Å²) in [6, 6.07) is 3.59. The fourth-order valence-electron chi connectivity index (χ4n) is 1.87. The van der Waals surface area contributed by atoms with Crippen LogP contribution in [0.15, 0.2) is 24.5 Å². The van der Waals surface area contributed by atoms with Crippen molar-refractivity contribution in [1.29, 1.82) is 0 Å². The van der Waals surface area contributed by atoms with Gasteiger partial charge in [-0.15, -0.1) is 0 Å². The highest BCUT2D eigenvalue weighted by Crippen LogP contribution is 2.24. The Morgan fingerprint density at radius 1 is 1.62 bits per heavy atom. The minimum absolute atomic E-state index is 0.146. The molecule has 0 aromatic carbocycles. The molecule has 1 saturated heterocycles. The fourth-order valence-corrected chi connectivity index (χ4v) is 1.87. The average Bonchev–Trinajstić information content (AvgIpc) is 2.71. The van der Waals surface area contributed by atoms with Crippen molar-refractivity contribution in [1.82, 2.24) is 10.3 Å². The zero-order valence-electron chi connectivity index (χ0n) is 9.01. The van der Waals surface area contributed by atoms with Crippen LogP contribution in [0.4, 0.5) is 5.69 Å². The molecule has 0 spiro atoms. The van der Waals surface area contributed by atoms with Crippen molar-refractivity contribution in [2.24, 2.45) is 5.92 Å². The zero-order valence-corrected chi connectivity index (χ0v) is 9.01. The van der Waals surface area contributed by atoms with Crippen molar-refractivity contribution in [2.75, 3.05) is 18.5 Å². The number of amides is 2. The Kier molecular flexibility index (Phi) is 2.85. The third-order valence-electron chi connectivity index (χ3n) is 2.73. The van der Waals surface area contributed by atoms with Crippen LogP contribution in [0, 0.1) is 5.92 Å². The summed E-state index contributed by atoms with van der Waals surface area (Å²) in [4.78, 5) is 28.9. The first-order valence-corrected chi connectivity index (χ1v) is 5.17. The first-order valence-electron chi connectivity index (χ1n) is 5.17. The first-order chi connectivity index (χ1) is 7.74. The molecule has 1 N–H and O–H groups in total. The summed E-state index contributed by atoms with van der Waals surface area (Å²) in [5, 5.41) is 2.51. The van der Waals surface area contributed by atoms with Gasteiger partial charge >= 0.3 is 0 Å². The molecule has 1 aromatic rings. The smallest absolute Gasteiger partial charge is 0.239 e. The number of hydrogen-bond donors (Lipinski definition) is 1. The maximum Gasteiger partial charge on any atom is 0.239 e. The van der Waals surface area contributed by atoms with Gasteiger partial charge in [0.2, 0.25) is 11.8 Å². The quantitative estimate of drug-likeness (QED) is 0.722. The van der Waals surface area contributed by atoms with E-state index in [2.05, 4.69) is 10.3 Å². The average molecular weight is 219 g/mol. The van der Waals surface area contributed by atoms with Crippen molar-refractivity contribution in [3.63, 3.8) is 0 Å². The SMILES string of the molecule is CNC(=O)C1CCN(c2cccnc2)C1=O. The van der Waals surface area contributed by atoms with Crippen LogP contribution in [0.5, 0.6) is 0 Å². The van der Waals surface area contributed by atoms with Crippen molar-refractivity contribution >= 4 is 17.5 Å². The summed E-state index contributed by atoms with van der Waals surface area (Å²) >= 11 is 0. The molecule has 1 aromatic heterocycles. The van der Waals surface area contributed by atoms with E-state index in [0.717, 1.165) is 5.69 Å². The lowest BCUT2D eigenvalue weighted by Gasteiger charge is -2.15. The molecule has 84 valence electrons. The zero-order chi connectivity index (χ0) is 11.5. The molecule has 0 radical (unpaired) electrons. The number of nitrogens with one attached hydrogen (secondary N) is 1. The largest absolute Gasteiger partial charge is 0.358 e. The molecular weight excluding hydrogens is 206 g/mol. The second kappa shape index (κ2) is 4.30. The van der Waals surface area contributed by atoms with Crippen LogP contribution in [0.25, 0.3) is 0 Å². The number of carbonyl (C=O) groups is 2. The summed E-state index contributed by atoms with van der Waals surface area (Å²) in [6.45, 7) is 0.572. The third kappa shape index (κ3) is 1.76. The van der Waals surface area contributed by atoms with Gasteiger partial charge in [0.1, 0.15) is 5.92 Å². The summed E-state index contributed by atoms with van der Waals surface area (Å²) in [5.41, 5.74) is 0.749. The van der Waals surface area contributed by atoms with Gasteiger partial charge in [-0.05, 0) is 18.6 Å². The van der Waals surface area contributed by atoms with Crippen molar-refractivity contribution < 1.29 is 9.59 Å². The molecule has 5 nitrogen and oxygen atoms in total. The van der Waals surface area contributed by atoms with Crippen LogP contribution < -0.4 is 10.2 Å². The standard InChI is InChI=1S/C11H13N3O2/c1-12-10(15)9-4-6-14(11(9)16)8-3-2-5-13-7-8/h2-3,5,7,9H,4,6H2,1H3,(H,12,15).